The van der Waals surface area contributed by atoms with Gasteiger partial charge in [-0.1, -0.05) is 18.2 Å². The highest BCUT2D eigenvalue weighted by Gasteiger charge is 2.58. The summed E-state index contributed by atoms with van der Waals surface area (Å²) in [5.41, 5.74) is -0.524. The van der Waals surface area contributed by atoms with Crippen LogP contribution in [-0.4, -0.2) is 59.6 Å². The predicted octanol–water partition coefficient (Wildman–Crippen LogP) is 1.86. The third-order valence-corrected chi connectivity index (χ3v) is 4.41. The van der Waals surface area contributed by atoms with Crippen LogP contribution in [0.2, 0.25) is 0 Å². The summed E-state index contributed by atoms with van der Waals surface area (Å²) >= 11 is 5.96. The monoisotopic (exact) mass is 363 g/mol. The van der Waals surface area contributed by atoms with E-state index in [1.807, 2.05) is 30.3 Å². The van der Waals surface area contributed by atoms with Crippen LogP contribution in [0.15, 0.2) is 47.5 Å². The Hall–Kier alpha value is -2.54. The molecular weight excluding hydrogens is 346 g/mol. The lowest BCUT2D eigenvalue weighted by Gasteiger charge is -2.38. The van der Waals surface area contributed by atoms with Gasteiger partial charge in [-0.2, -0.15) is 0 Å². The predicted molar refractivity (Wildman–Crippen MR) is 92.2 cm³/mol. The highest BCUT2D eigenvalue weighted by atomic mass is 35.5. The molecule has 1 aromatic rings. The lowest BCUT2D eigenvalue weighted by Crippen LogP contribution is -2.56. The second-order valence-electron chi connectivity index (χ2n) is 5.74. The van der Waals surface area contributed by atoms with E-state index < -0.39 is 23.9 Å². The molecule has 1 fully saturated rings. The summed E-state index contributed by atoms with van der Waals surface area (Å²) in [5.74, 6) is -0.541. The van der Waals surface area contributed by atoms with Gasteiger partial charge in [-0.05, 0) is 12.1 Å². The molecule has 132 valence electrons. The Balaban J connectivity index is 2.08. The van der Waals surface area contributed by atoms with Crippen molar-refractivity contribution in [2.75, 3.05) is 20.0 Å². The van der Waals surface area contributed by atoms with E-state index >= 15 is 0 Å². The number of halogens is 1. The summed E-state index contributed by atoms with van der Waals surface area (Å²) in [4.78, 5) is 32.0. The molecule has 0 N–H and O–H groups in total. The lowest BCUT2D eigenvalue weighted by atomic mass is 10.1. The maximum Gasteiger partial charge on any atom is 0.333 e. The van der Waals surface area contributed by atoms with Crippen LogP contribution in [0.5, 0.6) is 0 Å². The summed E-state index contributed by atoms with van der Waals surface area (Å²) < 4.78 is 11.2. The molecule has 25 heavy (non-hydrogen) atoms. The maximum absolute atomic E-state index is 12.1. The fourth-order valence-electron chi connectivity index (χ4n) is 3.01. The summed E-state index contributed by atoms with van der Waals surface area (Å²) in [5, 5.41) is 0. The Morgan fingerprint density at radius 3 is 2.52 bits per heavy atom. The average Bonchev–Trinajstić information content (AvgIpc) is 2.76. The van der Waals surface area contributed by atoms with Gasteiger partial charge in [0.25, 0.3) is 0 Å². The Morgan fingerprint density at radius 2 is 1.84 bits per heavy atom. The number of fused-ring (bicyclic) bond motifs is 1. The molecule has 2 aliphatic rings. The van der Waals surface area contributed by atoms with Gasteiger partial charge in [0.2, 0.25) is 17.9 Å². The van der Waals surface area contributed by atoms with Gasteiger partial charge < -0.3 is 19.3 Å². The molecule has 0 saturated carbocycles. The molecule has 0 bridgehead atoms. The number of para-hydroxylation sites is 1. The van der Waals surface area contributed by atoms with Crippen LogP contribution in [0.1, 0.15) is 6.42 Å². The topological polar surface area (TPSA) is 71.4 Å². The van der Waals surface area contributed by atoms with Crippen molar-refractivity contribution in [1.82, 2.24) is 9.80 Å². The molecule has 0 amide bonds. The molecule has 1 saturated heterocycles. The normalized spacial score (nSPS) is 28.9. The van der Waals surface area contributed by atoms with Gasteiger partial charge in [0.15, 0.2) is 0 Å². The molecule has 0 radical (unpaired) electrons. The van der Waals surface area contributed by atoms with Gasteiger partial charge in [0, 0.05) is 38.5 Å². The summed E-state index contributed by atoms with van der Waals surface area (Å²) in [6, 6.07) is 9.34. The fraction of sp³-hybridized carbons (Fsp3) is 0.353. The number of rotatable bonds is 3. The van der Waals surface area contributed by atoms with Crippen LogP contribution in [0.3, 0.4) is 0 Å². The number of benzene rings is 1. The summed E-state index contributed by atoms with van der Waals surface area (Å²) in [6.07, 6.45) is 1.50. The summed E-state index contributed by atoms with van der Waals surface area (Å²) in [7, 11) is 3.46. The number of alkyl halides is 1. The van der Waals surface area contributed by atoms with Crippen LogP contribution in [0, 0.1) is 0 Å². The Labute approximate surface area is 150 Å². The second kappa shape index (κ2) is 6.76. The van der Waals surface area contributed by atoms with E-state index in [0.29, 0.717) is 5.96 Å². The van der Waals surface area contributed by atoms with Crippen LogP contribution in [0.25, 0.3) is 0 Å². The number of carbonyl (C=O) groups is 2. The largest absolute Gasteiger partial charge is 0.432 e. The van der Waals surface area contributed by atoms with E-state index in [1.165, 1.54) is 0 Å². The number of nitrogens with zero attached hydrogens (tertiary/aromatic N) is 3. The highest BCUT2D eigenvalue weighted by molar-refractivity contribution is 6.18. The molecule has 2 unspecified atom stereocenters. The van der Waals surface area contributed by atoms with E-state index in [2.05, 4.69) is 4.99 Å². The smallest absolute Gasteiger partial charge is 0.333 e. The molecule has 2 heterocycles. The Morgan fingerprint density at radius 1 is 1.16 bits per heavy atom. The van der Waals surface area contributed by atoms with E-state index in [1.54, 1.807) is 23.9 Å². The van der Waals surface area contributed by atoms with Crippen LogP contribution >= 0.6 is 11.6 Å². The molecular formula is C17H18ClN3O4. The van der Waals surface area contributed by atoms with Crippen LogP contribution in [0.4, 0.5) is 5.69 Å². The number of guanidine groups is 1. The van der Waals surface area contributed by atoms with Crippen molar-refractivity contribution in [3.63, 3.8) is 0 Å². The third-order valence-electron chi connectivity index (χ3n) is 4.22. The highest BCUT2D eigenvalue weighted by Crippen LogP contribution is 2.38. The van der Waals surface area contributed by atoms with Gasteiger partial charge in [-0.3, -0.25) is 0 Å². The number of esters is 2. The zero-order valence-corrected chi connectivity index (χ0v) is 14.6. The molecule has 8 heteroatoms. The Kier molecular flexibility index (Phi) is 4.67. The van der Waals surface area contributed by atoms with E-state index in [9.17, 15) is 9.59 Å². The minimum absolute atomic E-state index is 0.210. The minimum atomic E-state index is -1.25. The fourth-order valence-corrected chi connectivity index (χ4v) is 3.28. The number of hydrogen-bond acceptors (Lipinski definition) is 5. The molecule has 2 aliphatic heterocycles. The number of likely N-dealkylation sites (N-methyl/N-ethyl adjacent to an activating group) is 2. The second-order valence-corrected chi connectivity index (χ2v) is 6.12. The van der Waals surface area contributed by atoms with Gasteiger partial charge >= 0.3 is 11.9 Å². The third kappa shape index (κ3) is 3.07. The van der Waals surface area contributed by atoms with Crippen LogP contribution in [-0.2, 0) is 19.1 Å². The summed E-state index contributed by atoms with van der Waals surface area (Å²) in [6.45, 7) is 0. The van der Waals surface area contributed by atoms with Gasteiger partial charge in [-0.25, -0.2) is 14.6 Å². The zero-order chi connectivity index (χ0) is 18.0. The SMILES string of the molecule is CN1C(=Nc2ccccc2)N(C)C2(CCCl)OC(=O)/C=C/C(=O)OC12. The first-order chi connectivity index (χ1) is 12.0. The molecule has 0 aliphatic carbocycles. The number of ether oxygens (including phenoxy) is 2. The molecule has 0 aromatic heterocycles. The quantitative estimate of drug-likeness (QED) is 0.603. The van der Waals surface area contributed by atoms with Crippen molar-refractivity contribution in [2.45, 2.75) is 18.4 Å². The van der Waals surface area contributed by atoms with Crippen molar-refractivity contribution in [2.24, 2.45) is 4.99 Å². The van der Waals surface area contributed by atoms with E-state index in [0.717, 1.165) is 17.8 Å². The molecule has 0 spiro atoms. The first kappa shape index (κ1) is 17.3. The van der Waals surface area contributed by atoms with Gasteiger partial charge in [-0.15, -0.1) is 11.6 Å². The number of carbonyl (C=O) groups excluding carboxylic acids is 2. The molecule has 7 nitrogen and oxygen atoms in total. The Bertz CT molecular complexity index is 737. The molecule has 1 aromatic carbocycles. The molecule has 3 rings (SSSR count). The average molecular weight is 364 g/mol. The minimum Gasteiger partial charge on any atom is -0.432 e. The molecule has 2 atom stereocenters. The first-order valence-corrected chi connectivity index (χ1v) is 8.29. The standard InChI is InChI=1S/C17H18ClN3O4/c1-20-15-17(10-11-18,25-14(23)9-8-13(22)24-15)21(2)16(20)19-12-6-4-3-5-7-12/h3-9,15H,10-11H2,1-2H3/b9-8+,19-16?. The number of aliphatic imine (C=N–C) groups is 1. The van der Waals surface area contributed by atoms with Crippen molar-refractivity contribution in [3.05, 3.63) is 42.5 Å². The van der Waals surface area contributed by atoms with Gasteiger partial charge in [0.1, 0.15) is 0 Å². The van der Waals surface area contributed by atoms with Crippen LogP contribution < -0.4 is 0 Å². The zero-order valence-electron chi connectivity index (χ0n) is 13.9. The van der Waals surface area contributed by atoms with Crippen molar-refractivity contribution in [1.29, 1.82) is 0 Å². The van der Waals surface area contributed by atoms with Crippen molar-refractivity contribution < 1.29 is 19.1 Å². The van der Waals surface area contributed by atoms with Crippen molar-refractivity contribution in [3.8, 4) is 0 Å². The lowest BCUT2D eigenvalue weighted by molar-refractivity contribution is -0.209. The van der Waals surface area contributed by atoms with Gasteiger partial charge in [0.05, 0.1) is 5.69 Å². The van der Waals surface area contributed by atoms with E-state index in [-0.39, 0.29) is 12.3 Å². The van der Waals surface area contributed by atoms with E-state index in [4.69, 9.17) is 21.1 Å². The maximum atomic E-state index is 12.1. The van der Waals surface area contributed by atoms with Crippen molar-refractivity contribution >= 4 is 35.2 Å². The number of hydrogen-bond donors (Lipinski definition) is 0. The first-order valence-electron chi connectivity index (χ1n) is 7.76.